The molecule has 2 aliphatic rings. The van der Waals surface area contributed by atoms with E-state index >= 15 is 0 Å². The van der Waals surface area contributed by atoms with Crippen molar-refractivity contribution in [1.82, 2.24) is 14.9 Å². The van der Waals surface area contributed by atoms with E-state index in [1.807, 2.05) is 0 Å². The second-order valence-corrected chi connectivity index (χ2v) is 8.08. The largest absolute Gasteiger partial charge is 0.497 e. The average Bonchev–Trinajstić information content (AvgIpc) is 2.75. The maximum absolute atomic E-state index is 14.5. The number of rotatable bonds is 6. The molecule has 0 spiro atoms. The molecule has 1 saturated heterocycles. The number of benzene rings is 1. The van der Waals surface area contributed by atoms with Crippen molar-refractivity contribution in [1.29, 1.82) is 0 Å². The Morgan fingerprint density at radius 3 is 2.47 bits per heavy atom. The molecule has 7 nitrogen and oxygen atoms in total. The lowest BCUT2D eigenvalue weighted by Gasteiger charge is -2.53. The maximum atomic E-state index is 14.5. The number of ether oxygens (including phenoxy) is 3. The fourth-order valence-corrected chi connectivity index (χ4v) is 5.02. The molecule has 2 heterocycles. The fraction of sp³-hybridized carbons (Fsp3) is 0.545. The summed E-state index contributed by atoms with van der Waals surface area (Å²) in [5.74, 6) is 0.545. The first-order chi connectivity index (χ1) is 14.5. The van der Waals surface area contributed by atoms with E-state index in [9.17, 15) is 9.50 Å². The fourth-order valence-electron chi connectivity index (χ4n) is 5.02. The molecule has 1 aromatic heterocycles. The van der Waals surface area contributed by atoms with E-state index in [-0.39, 0.29) is 23.7 Å². The Morgan fingerprint density at radius 1 is 1.13 bits per heavy atom. The number of likely N-dealkylation sites (tertiary alicyclic amines) is 1. The predicted molar refractivity (Wildman–Crippen MR) is 108 cm³/mol. The van der Waals surface area contributed by atoms with Crippen LogP contribution >= 0.6 is 0 Å². The van der Waals surface area contributed by atoms with Gasteiger partial charge in [-0.05, 0) is 18.9 Å². The standard InChI is InChI=1S/C22H28FN3O4/c1-28-17-8-7-14(19(23)9-17)11-26-12-15-5-4-6-16(13-26)22(15,27)18-10-24-21(30-3)25-20(18)29-2/h7-10,15-16,27H,4-6,11-13H2,1-3H3/t15-,16-/m1/s1. The lowest BCUT2D eigenvalue weighted by Crippen LogP contribution is -2.58. The Bertz CT molecular complexity index is 896. The molecular weight excluding hydrogens is 389 g/mol. The van der Waals surface area contributed by atoms with Crippen molar-refractivity contribution in [2.24, 2.45) is 11.8 Å². The number of fused-ring (bicyclic) bond motifs is 2. The third kappa shape index (κ3) is 3.58. The second-order valence-electron chi connectivity index (χ2n) is 8.08. The minimum Gasteiger partial charge on any atom is -0.497 e. The first-order valence-electron chi connectivity index (χ1n) is 10.2. The Labute approximate surface area is 175 Å². The topological polar surface area (TPSA) is 76.9 Å². The molecule has 0 unspecified atom stereocenters. The van der Waals surface area contributed by atoms with Crippen LogP contribution in [0.4, 0.5) is 4.39 Å². The van der Waals surface area contributed by atoms with Gasteiger partial charge < -0.3 is 19.3 Å². The van der Waals surface area contributed by atoms with E-state index in [1.54, 1.807) is 18.3 Å². The monoisotopic (exact) mass is 417 g/mol. The molecule has 2 fully saturated rings. The molecule has 1 aliphatic heterocycles. The van der Waals surface area contributed by atoms with Crippen molar-refractivity contribution < 1.29 is 23.7 Å². The van der Waals surface area contributed by atoms with Gasteiger partial charge in [0.05, 0.1) is 26.9 Å². The Morgan fingerprint density at radius 2 is 1.87 bits per heavy atom. The molecule has 4 rings (SSSR count). The van der Waals surface area contributed by atoms with Gasteiger partial charge in [-0.1, -0.05) is 12.5 Å². The zero-order chi connectivity index (χ0) is 21.3. The van der Waals surface area contributed by atoms with Crippen molar-refractivity contribution in [2.75, 3.05) is 34.4 Å². The third-order valence-electron chi connectivity index (χ3n) is 6.50. The first-order valence-corrected chi connectivity index (χ1v) is 10.2. The summed E-state index contributed by atoms with van der Waals surface area (Å²) >= 11 is 0. The smallest absolute Gasteiger partial charge is 0.319 e. The van der Waals surface area contributed by atoms with E-state index in [4.69, 9.17) is 14.2 Å². The lowest BCUT2D eigenvalue weighted by molar-refractivity contribution is -0.149. The number of hydrogen-bond acceptors (Lipinski definition) is 7. The van der Waals surface area contributed by atoms with Gasteiger partial charge in [-0.3, -0.25) is 4.90 Å². The molecule has 2 bridgehead atoms. The zero-order valence-electron chi connectivity index (χ0n) is 17.6. The molecule has 30 heavy (non-hydrogen) atoms. The Balaban J connectivity index is 1.60. The molecular formula is C22H28FN3O4. The predicted octanol–water partition coefficient (Wildman–Crippen LogP) is 2.76. The minimum absolute atomic E-state index is 0.0165. The highest BCUT2D eigenvalue weighted by Crippen LogP contribution is 2.51. The average molecular weight is 417 g/mol. The molecule has 2 aromatic rings. The summed E-state index contributed by atoms with van der Waals surface area (Å²) < 4.78 is 30.1. The molecule has 2 atom stereocenters. The van der Waals surface area contributed by atoms with Gasteiger partial charge >= 0.3 is 6.01 Å². The van der Waals surface area contributed by atoms with Crippen LogP contribution in [0.3, 0.4) is 0 Å². The SMILES string of the molecule is COc1ccc(CN2C[C@H]3CCC[C@H](C2)C3(O)c2cnc(OC)nc2OC)c(F)c1. The van der Waals surface area contributed by atoms with Gasteiger partial charge in [-0.15, -0.1) is 0 Å². The lowest BCUT2D eigenvalue weighted by atomic mass is 9.63. The molecule has 0 amide bonds. The minimum atomic E-state index is -1.08. The molecule has 1 N–H and O–H groups in total. The third-order valence-corrected chi connectivity index (χ3v) is 6.50. The number of piperidine rings is 1. The van der Waals surface area contributed by atoms with Gasteiger partial charge in [0.2, 0.25) is 5.88 Å². The highest BCUT2D eigenvalue weighted by molar-refractivity contribution is 5.35. The van der Waals surface area contributed by atoms with Gasteiger partial charge in [-0.25, -0.2) is 9.37 Å². The van der Waals surface area contributed by atoms with Crippen molar-refractivity contribution in [3.63, 3.8) is 0 Å². The van der Waals surface area contributed by atoms with Crippen LogP contribution in [0.1, 0.15) is 30.4 Å². The Hall–Kier alpha value is -2.45. The van der Waals surface area contributed by atoms with Crippen LogP contribution < -0.4 is 14.2 Å². The Kier molecular flexibility index (Phi) is 5.79. The summed E-state index contributed by atoms with van der Waals surface area (Å²) in [6.07, 6.45) is 4.43. The summed E-state index contributed by atoms with van der Waals surface area (Å²) in [5, 5.41) is 11.9. The van der Waals surface area contributed by atoms with Crippen molar-refractivity contribution in [3.05, 3.63) is 41.3 Å². The molecule has 162 valence electrons. The van der Waals surface area contributed by atoms with Crippen molar-refractivity contribution in [2.45, 2.75) is 31.4 Å². The highest BCUT2D eigenvalue weighted by Gasteiger charge is 2.53. The van der Waals surface area contributed by atoms with Crippen LogP contribution in [0, 0.1) is 17.7 Å². The van der Waals surface area contributed by atoms with E-state index < -0.39 is 5.60 Å². The summed E-state index contributed by atoms with van der Waals surface area (Å²) in [7, 11) is 4.55. The molecule has 1 saturated carbocycles. The van der Waals surface area contributed by atoms with Crippen molar-refractivity contribution >= 4 is 0 Å². The van der Waals surface area contributed by atoms with Crippen LogP contribution in [0.25, 0.3) is 0 Å². The van der Waals surface area contributed by atoms with Crippen LogP contribution in [-0.4, -0.2) is 54.4 Å². The van der Waals surface area contributed by atoms with E-state index in [0.717, 1.165) is 19.3 Å². The number of hydrogen-bond donors (Lipinski definition) is 1. The molecule has 1 aromatic carbocycles. The van der Waals surface area contributed by atoms with Crippen LogP contribution in [0.2, 0.25) is 0 Å². The van der Waals surface area contributed by atoms with E-state index in [2.05, 4.69) is 14.9 Å². The van der Waals surface area contributed by atoms with Crippen molar-refractivity contribution in [3.8, 4) is 17.6 Å². The second kappa shape index (κ2) is 8.35. The van der Waals surface area contributed by atoms with Crippen LogP contribution in [0.15, 0.2) is 24.4 Å². The van der Waals surface area contributed by atoms with E-state index in [0.29, 0.717) is 42.4 Å². The summed E-state index contributed by atoms with van der Waals surface area (Å²) in [6, 6.07) is 5.16. The van der Waals surface area contributed by atoms with E-state index in [1.165, 1.54) is 27.4 Å². The maximum Gasteiger partial charge on any atom is 0.319 e. The number of nitrogens with zero attached hydrogens (tertiary/aromatic N) is 3. The number of aromatic nitrogens is 2. The summed E-state index contributed by atoms with van der Waals surface area (Å²) in [4.78, 5) is 10.7. The summed E-state index contributed by atoms with van der Waals surface area (Å²) in [5.41, 5.74) is 0.158. The van der Waals surface area contributed by atoms with Gasteiger partial charge in [-0.2, -0.15) is 4.98 Å². The molecule has 8 heteroatoms. The summed E-state index contributed by atoms with van der Waals surface area (Å²) in [6.45, 7) is 1.82. The van der Waals surface area contributed by atoms with Crippen LogP contribution in [-0.2, 0) is 12.1 Å². The first kappa shape index (κ1) is 20.8. The molecule has 1 aliphatic carbocycles. The quantitative estimate of drug-likeness (QED) is 0.774. The van der Waals surface area contributed by atoms with Gasteiger partial charge in [0.25, 0.3) is 0 Å². The highest BCUT2D eigenvalue weighted by atomic mass is 19.1. The number of halogens is 1. The van der Waals surface area contributed by atoms with Gasteiger partial charge in [0.1, 0.15) is 17.2 Å². The molecule has 0 radical (unpaired) electrons. The normalized spacial score (nSPS) is 26.3. The number of methoxy groups -OCH3 is 3. The van der Waals surface area contributed by atoms with Crippen LogP contribution in [0.5, 0.6) is 17.6 Å². The van der Waals surface area contributed by atoms with Gasteiger partial charge in [0.15, 0.2) is 0 Å². The number of aliphatic hydroxyl groups is 1. The van der Waals surface area contributed by atoms with Gasteiger partial charge in [0, 0.05) is 49.3 Å². The zero-order valence-corrected chi connectivity index (χ0v) is 17.6.